The summed E-state index contributed by atoms with van der Waals surface area (Å²) in [4.78, 5) is 0. The first-order valence-corrected chi connectivity index (χ1v) is 6.56. The summed E-state index contributed by atoms with van der Waals surface area (Å²) < 4.78 is 26.3. The number of rotatable bonds is 7. The van der Waals surface area contributed by atoms with E-state index in [0.29, 0.717) is 0 Å². The minimum atomic E-state index is -2.36. The molecule has 0 saturated heterocycles. The van der Waals surface area contributed by atoms with Crippen molar-refractivity contribution in [1.82, 2.24) is 15.1 Å². The summed E-state index contributed by atoms with van der Waals surface area (Å²) in [5.41, 5.74) is 2.78. The van der Waals surface area contributed by atoms with Gasteiger partial charge in [-0.2, -0.15) is 5.10 Å². The second kappa shape index (κ2) is 6.83. The average Bonchev–Trinajstić information content (AvgIpc) is 2.56. The van der Waals surface area contributed by atoms with Crippen molar-refractivity contribution in [1.29, 1.82) is 0 Å². The van der Waals surface area contributed by atoms with Crippen LogP contribution in [0.15, 0.2) is 0 Å². The lowest BCUT2D eigenvalue weighted by Gasteiger charge is -2.17. The monoisotopic (exact) mass is 259 g/mol. The molecule has 1 rings (SSSR count). The van der Waals surface area contributed by atoms with Gasteiger partial charge in [-0.3, -0.25) is 4.68 Å². The van der Waals surface area contributed by atoms with Gasteiger partial charge in [0.2, 0.25) is 0 Å². The molecule has 0 radical (unpaired) electrons. The average molecular weight is 259 g/mol. The summed E-state index contributed by atoms with van der Waals surface area (Å²) in [6, 6.07) is 0.205. The van der Waals surface area contributed by atoms with Gasteiger partial charge < -0.3 is 5.32 Å². The second-order valence-corrected chi connectivity index (χ2v) is 4.57. The molecule has 104 valence electrons. The van der Waals surface area contributed by atoms with Crippen LogP contribution in [-0.4, -0.2) is 22.8 Å². The van der Waals surface area contributed by atoms with Gasteiger partial charge in [0.1, 0.15) is 6.54 Å². The number of alkyl halides is 2. The highest BCUT2D eigenvalue weighted by molar-refractivity contribution is 5.28. The van der Waals surface area contributed by atoms with E-state index < -0.39 is 6.43 Å². The lowest BCUT2D eigenvalue weighted by atomic mass is 10.0. The predicted octanol–water partition coefficient (Wildman–Crippen LogP) is 3.22. The third-order valence-corrected chi connectivity index (χ3v) is 3.15. The zero-order valence-corrected chi connectivity index (χ0v) is 11.6. The highest BCUT2D eigenvalue weighted by Crippen LogP contribution is 2.24. The molecule has 1 heterocycles. The van der Waals surface area contributed by atoms with Crippen molar-refractivity contribution in [3.05, 3.63) is 17.0 Å². The summed E-state index contributed by atoms with van der Waals surface area (Å²) in [6.07, 6.45) is -0.374. The smallest absolute Gasteiger partial charge is 0.257 e. The molecule has 0 bridgehead atoms. The topological polar surface area (TPSA) is 29.9 Å². The van der Waals surface area contributed by atoms with Gasteiger partial charge in [-0.1, -0.05) is 13.8 Å². The van der Waals surface area contributed by atoms with E-state index in [4.69, 9.17) is 0 Å². The Bertz CT molecular complexity index is 375. The largest absolute Gasteiger partial charge is 0.310 e. The zero-order chi connectivity index (χ0) is 13.7. The van der Waals surface area contributed by atoms with Crippen LogP contribution in [0.5, 0.6) is 0 Å². The third kappa shape index (κ3) is 3.51. The van der Waals surface area contributed by atoms with Gasteiger partial charge in [0.25, 0.3) is 6.43 Å². The molecule has 0 amide bonds. The molecule has 0 aromatic carbocycles. The third-order valence-electron chi connectivity index (χ3n) is 3.15. The first-order chi connectivity index (χ1) is 8.51. The quantitative estimate of drug-likeness (QED) is 0.815. The molecule has 0 saturated carbocycles. The lowest BCUT2D eigenvalue weighted by molar-refractivity contribution is 0.121. The SMILES string of the molecule is CCCNC(CC)c1c(C)nn(CC(F)F)c1C. The van der Waals surface area contributed by atoms with Crippen molar-refractivity contribution in [3.63, 3.8) is 0 Å². The minimum Gasteiger partial charge on any atom is -0.310 e. The molecule has 0 aliphatic carbocycles. The van der Waals surface area contributed by atoms with Gasteiger partial charge in [0.15, 0.2) is 0 Å². The first-order valence-electron chi connectivity index (χ1n) is 6.56. The molecule has 0 fully saturated rings. The Balaban J connectivity index is 2.96. The predicted molar refractivity (Wildman–Crippen MR) is 69.0 cm³/mol. The fourth-order valence-electron chi connectivity index (χ4n) is 2.29. The molecule has 1 aromatic heterocycles. The Morgan fingerprint density at radius 3 is 2.44 bits per heavy atom. The van der Waals surface area contributed by atoms with Crippen LogP contribution in [0.25, 0.3) is 0 Å². The molecule has 1 aromatic rings. The number of hydrogen-bond donors (Lipinski definition) is 1. The summed E-state index contributed by atoms with van der Waals surface area (Å²) in [5.74, 6) is 0. The van der Waals surface area contributed by atoms with Crippen molar-refractivity contribution in [2.75, 3.05) is 6.54 Å². The van der Waals surface area contributed by atoms with Crippen LogP contribution >= 0.6 is 0 Å². The summed E-state index contributed by atoms with van der Waals surface area (Å²) >= 11 is 0. The van der Waals surface area contributed by atoms with Crippen LogP contribution in [-0.2, 0) is 6.54 Å². The van der Waals surface area contributed by atoms with Gasteiger partial charge in [-0.15, -0.1) is 0 Å². The number of hydrogen-bond acceptors (Lipinski definition) is 2. The number of nitrogens with zero attached hydrogens (tertiary/aromatic N) is 2. The Labute approximate surface area is 108 Å². The highest BCUT2D eigenvalue weighted by atomic mass is 19.3. The van der Waals surface area contributed by atoms with Crippen LogP contribution in [0.2, 0.25) is 0 Å². The number of halogens is 2. The maximum absolute atomic E-state index is 12.5. The van der Waals surface area contributed by atoms with Gasteiger partial charge in [0.05, 0.1) is 5.69 Å². The molecule has 1 unspecified atom stereocenters. The van der Waals surface area contributed by atoms with Gasteiger partial charge in [-0.05, 0) is 33.2 Å². The number of nitrogens with one attached hydrogen (secondary N) is 1. The Hall–Kier alpha value is -0.970. The van der Waals surface area contributed by atoms with E-state index in [1.54, 1.807) is 0 Å². The van der Waals surface area contributed by atoms with Crippen LogP contribution in [0.1, 0.15) is 49.7 Å². The molecule has 5 heteroatoms. The number of aromatic nitrogens is 2. The molecule has 0 aliphatic heterocycles. The van der Waals surface area contributed by atoms with Crippen molar-refractivity contribution in [3.8, 4) is 0 Å². The molecular weight excluding hydrogens is 236 g/mol. The summed E-state index contributed by atoms with van der Waals surface area (Å²) in [7, 11) is 0. The molecule has 0 spiro atoms. The van der Waals surface area contributed by atoms with Crippen LogP contribution < -0.4 is 5.32 Å². The van der Waals surface area contributed by atoms with Gasteiger partial charge >= 0.3 is 0 Å². The van der Waals surface area contributed by atoms with Gasteiger partial charge in [-0.25, -0.2) is 8.78 Å². The van der Waals surface area contributed by atoms with E-state index in [0.717, 1.165) is 36.3 Å². The summed E-state index contributed by atoms with van der Waals surface area (Å²) in [6.45, 7) is 8.57. The van der Waals surface area contributed by atoms with E-state index in [9.17, 15) is 8.78 Å². The fourth-order valence-corrected chi connectivity index (χ4v) is 2.29. The number of aryl methyl sites for hydroxylation is 1. The second-order valence-electron chi connectivity index (χ2n) is 4.57. The molecule has 1 atom stereocenters. The van der Waals surface area contributed by atoms with E-state index in [2.05, 4.69) is 24.3 Å². The Morgan fingerprint density at radius 1 is 1.28 bits per heavy atom. The normalized spacial score (nSPS) is 13.3. The maximum Gasteiger partial charge on any atom is 0.257 e. The molecule has 1 N–H and O–H groups in total. The Morgan fingerprint density at radius 2 is 1.94 bits per heavy atom. The van der Waals surface area contributed by atoms with Crippen molar-refractivity contribution >= 4 is 0 Å². The van der Waals surface area contributed by atoms with Gasteiger partial charge in [0, 0.05) is 17.3 Å². The van der Waals surface area contributed by atoms with Crippen molar-refractivity contribution in [2.24, 2.45) is 0 Å². The lowest BCUT2D eigenvalue weighted by Crippen LogP contribution is -2.22. The van der Waals surface area contributed by atoms with Crippen LogP contribution in [0.3, 0.4) is 0 Å². The van der Waals surface area contributed by atoms with E-state index in [1.807, 2.05) is 13.8 Å². The fraction of sp³-hybridized carbons (Fsp3) is 0.769. The molecular formula is C13H23F2N3. The first kappa shape index (κ1) is 15.1. The molecule has 18 heavy (non-hydrogen) atoms. The van der Waals surface area contributed by atoms with E-state index in [-0.39, 0.29) is 12.6 Å². The van der Waals surface area contributed by atoms with E-state index in [1.165, 1.54) is 4.68 Å². The highest BCUT2D eigenvalue weighted by Gasteiger charge is 2.20. The van der Waals surface area contributed by atoms with Crippen molar-refractivity contribution in [2.45, 2.75) is 59.5 Å². The van der Waals surface area contributed by atoms with Crippen LogP contribution in [0, 0.1) is 13.8 Å². The minimum absolute atomic E-state index is 0.205. The van der Waals surface area contributed by atoms with Crippen LogP contribution in [0.4, 0.5) is 8.78 Å². The standard InChI is InChI=1S/C13H23F2N3/c1-5-7-16-11(6-2)13-9(3)17-18(10(13)4)8-12(14)15/h11-12,16H,5-8H2,1-4H3. The molecule has 3 nitrogen and oxygen atoms in total. The molecule has 0 aliphatic rings. The maximum atomic E-state index is 12.5. The summed E-state index contributed by atoms with van der Waals surface area (Å²) in [5, 5.41) is 7.67. The van der Waals surface area contributed by atoms with E-state index >= 15 is 0 Å². The van der Waals surface area contributed by atoms with Crippen molar-refractivity contribution < 1.29 is 8.78 Å². The zero-order valence-electron chi connectivity index (χ0n) is 11.6. The Kier molecular flexibility index (Phi) is 5.72.